The van der Waals surface area contributed by atoms with Crippen LogP contribution in [0.15, 0.2) is 54.6 Å². The lowest BCUT2D eigenvalue weighted by molar-refractivity contribution is 0.0697. The Kier molecular flexibility index (Phi) is 3.95. The van der Waals surface area contributed by atoms with Crippen molar-refractivity contribution < 1.29 is 23.1 Å². The molecule has 0 unspecified atom stereocenters. The van der Waals surface area contributed by atoms with Crippen LogP contribution in [0.2, 0.25) is 0 Å². The summed E-state index contributed by atoms with van der Waals surface area (Å²) in [6, 6.07) is 13.7. The van der Waals surface area contributed by atoms with Crippen LogP contribution < -0.4 is 0 Å². The van der Waals surface area contributed by atoms with Gasteiger partial charge in [-0.05, 0) is 30.3 Å². The van der Waals surface area contributed by atoms with Gasteiger partial charge in [0.1, 0.15) is 5.52 Å². The molecular formula is C22H12F3N3O2. The second-order valence-electron chi connectivity index (χ2n) is 6.84. The number of hydrogen-bond acceptors (Lipinski definition) is 3. The Bertz CT molecular complexity index is 1490. The van der Waals surface area contributed by atoms with E-state index >= 15 is 0 Å². The lowest BCUT2D eigenvalue weighted by Crippen LogP contribution is -2.06. The number of benzene rings is 3. The molecule has 0 aliphatic rings. The van der Waals surface area contributed by atoms with E-state index in [0.29, 0.717) is 27.7 Å². The van der Waals surface area contributed by atoms with Crippen molar-refractivity contribution in [3.8, 4) is 0 Å². The van der Waals surface area contributed by atoms with Crippen LogP contribution in [0.5, 0.6) is 0 Å². The fourth-order valence-corrected chi connectivity index (χ4v) is 3.59. The third-order valence-electron chi connectivity index (χ3n) is 5.04. The van der Waals surface area contributed by atoms with Crippen LogP contribution in [0.3, 0.4) is 0 Å². The monoisotopic (exact) mass is 407 g/mol. The van der Waals surface area contributed by atoms with Crippen molar-refractivity contribution in [1.29, 1.82) is 0 Å². The first-order valence-corrected chi connectivity index (χ1v) is 8.98. The van der Waals surface area contributed by atoms with Gasteiger partial charge in [0.05, 0.1) is 28.7 Å². The molecule has 0 saturated heterocycles. The van der Waals surface area contributed by atoms with E-state index in [0.717, 1.165) is 11.5 Å². The number of carboxylic acids is 1. The number of hydrogen-bond donors (Lipinski definition) is 1. The molecule has 0 radical (unpaired) electrons. The Morgan fingerprint density at radius 1 is 0.933 bits per heavy atom. The molecule has 0 spiro atoms. The highest BCUT2D eigenvalue weighted by molar-refractivity contribution is 6.06. The van der Waals surface area contributed by atoms with Crippen molar-refractivity contribution in [3.05, 3.63) is 83.2 Å². The predicted octanol–water partition coefficient (Wildman–Crippen LogP) is 4.90. The van der Waals surface area contributed by atoms with Crippen LogP contribution in [-0.4, -0.2) is 25.6 Å². The fourth-order valence-electron chi connectivity index (χ4n) is 3.59. The molecule has 0 saturated carbocycles. The van der Waals surface area contributed by atoms with E-state index in [-0.39, 0.29) is 17.7 Å². The SMILES string of the molecule is O=C(O)c1ccc2nc3c4ccccc4n(Cc4ccc(F)c(F)c4F)c3nc2c1. The number of aromatic nitrogens is 3. The van der Waals surface area contributed by atoms with Gasteiger partial charge in [0.2, 0.25) is 0 Å². The molecular weight excluding hydrogens is 395 g/mol. The molecule has 148 valence electrons. The summed E-state index contributed by atoms with van der Waals surface area (Å²) in [5.74, 6) is -5.15. The zero-order valence-electron chi connectivity index (χ0n) is 15.2. The lowest BCUT2D eigenvalue weighted by atomic mass is 10.2. The van der Waals surface area contributed by atoms with Gasteiger partial charge in [-0.3, -0.25) is 0 Å². The molecule has 0 aliphatic carbocycles. The molecule has 2 aromatic heterocycles. The number of fused-ring (bicyclic) bond motifs is 4. The highest BCUT2D eigenvalue weighted by Gasteiger charge is 2.19. The van der Waals surface area contributed by atoms with Gasteiger partial charge >= 0.3 is 5.97 Å². The number of rotatable bonds is 3. The van der Waals surface area contributed by atoms with E-state index in [2.05, 4.69) is 9.97 Å². The molecule has 2 heterocycles. The van der Waals surface area contributed by atoms with Crippen LogP contribution in [0.25, 0.3) is 33.1 Å². The summed E-state index contributed by atoms with van der Waals surface area (Å²) in [4.78, 5) is 20.5. The molecule has 30 heavy (non-hydrogen) atoms. The zero-order chi connectivity index (χ0) is 21.0. The average Bonchev–Trinajstić information content (AvgIpc) is 3.05. The molecule has 5 aromatic rings. The summed E-state index contributed by atoms with van der Waals surface area (Å²) in [5, 5.41) is 10.00. The minimum absolute atomic E-state index is 0.0438. The maximum Gasteiger partial charge on any atom is 0.335 e. The summed E-state index contributed by atoms with van der Waals surface area (Å²) in [6.07, 6.45) is 0. The largest absolute Gasteiger partial charge is 0.478 e. The number of nitrogens with zero attached hydrogens (tertiary/aromatic N) is 3. The normalized spacial score (nSPS) is 11.6. The number of halogens is 3. The van der Waals surface area contributed by atoms with Crippen molar-refractivity contribution in [2.45, 2.75) is 6.54 Å². The molecule has 5 nitrogen and oxygen atoms in total. The van der Waals surface area contributed by atoms with Crippen LogP contribution >= 0.6 is 0 Å². The van der Waals surface area contributed by atoms with E-state index in [1.165, 1.54) is 18.2 Å². The smallest absolute Gasteiger partial charge is 0.335 e. The van der Waals surface area contributed by atoms with Gasteiger partial charge in [-0.15, -0.1) is 0 Å². The van der Waals surface area contributed by atoms with Gasteiger partial charge in [-0.1, -0.05) is 24.3 Å². The summed E-state index contributed by atoms with van der Waals surface area (Å²) in [7, 11) is 0. The molecule has 1 N–H and O–H groups in total. The van der Waals surface area contributed by atoms with E-state index in [4.69, 9.17) is 0 Å². The molecule has 8 heteroatoms. The second-order valence-corrected chi connectivity index (χ2v) is 6.84. The number of aromatic carboxylic acids is 1. The number of para-hydroxylation sites is 1. The summed E-state index contributed by atoms with van der Waals surface area (Å²) in [5.41, 5.74) is 2.50. The van der Waals surface area contributed by atoms with Gasteiger partial charge in [0.25, 0.3) is 0 Å². The Morgan fingerprint density at radius 2 is 1.73 bits per heavy atom. The average molecular weight is 407 g/mol. The Balaban J connectivity index is 1.80. The maximum absolute atomic E-state index is 14.3. The van der Waals surface area contributed by atoms with Crippen LogP contribution in [-0.2, 0) is 6.54 Å². The van der Waals surface area contributed by atoms with Gasteiger partial charge < -0.3 is 9.67 Å². The fraction of sp³-hybridized carbons (Fsp3) is 0.0455. The first-order chi connectivity index (χ1) is 14.4. The highest BCUT2D eigenvalue weighted by atomic mass is 19.2. The highest BCUT2D eigenvalue weighted by Crippen LogP contribution is 2.30. The number of carboxylic acid groups (broad SMARTS) is 1. The second kappa shape index (κ2) is 6.55. The van der Waals surface area contributed by atoms with Gasteiger partial charge in [-0.25, -0.2) is 27.9 Å². The minimum Gasteiger partial charge on any atom is -0.478 e. The first-order valence-electron chi connectivity index (χ1n) is 8.98. The van der Waals surface area contributed by atoms with Crippen molar-refractivity contribution in [1.82, 2.24) is 14.5 Å². The number of carbonyl (C=O) groups is 1. The molecule has 0 atom stereocenters. The van der Waals surface area contributed by atoms with Crippen LogP contribution in [0.1, 0.15) is 15.9 Å². The quantitative estimate of drug-likeness (QED) is 0.432. The zero-order valence-corrected chi connectivity index (χ0v) is 15.2. The topological polar surface area (TPSA) is 68.0 Å². The van der Waals surface area contributed by atoms with Gasteiger partial charge in [-0.2, -0.15) is 0 Å². The third-order valence-corrected chi connectivity index (χ3v) is 5.04. The van der Waals surface area contributed by atoms with Crippen molar-refractivity contribution in [3.63, 3.8) is 0 Å². The maximum atomic E-state index is 14.3. The summed E-state index contributed by atoms with van der Waals surface area (Å²) < 4.78 is 43.0. The standard InChI is InChI=1S/C22H12F3N3O2/c23-14-7-5-12(18(24)19(14)25)10-28-17-4-2-1-3-13(17)20-21(28)27-16-9-11(22(29)30)6-8-15(16)26-20/h1-9H,10H2,(H,29,30). The Hall–Kier alpha value is -3.94. The van der Waals surface area contributed by atoms with E-state index in [9.17, 15) is 23.1 Å². The Morgan fingerprint density at radius 3 is 2.53 bits per heavy atom. The van der Waals surface area contributed by atoms with Gasteiger partial charge in [0, 0.05) is 10.9 Å². The van der Waals surface area contributed by atoms with Crippen molar-refractivity contribution in [2.24, 2.45) is 0 Å². The molecule has 3 aromatic carbocycles. The predicted molar refractivity (Wildman–Crippen MR) is 105 cm³/mol. The van der Waals surface area contributed by atoms with Crippen LogP contribution in [0.4, 0.5) is 13.2 Å². The lowest BCUT2D eigenvalue weighted by Gasteiger charge is -2.09. The van der Waals surface area contributed by atoms with E-state index < -0.39 is 23.4 Å². The van der Waals surface area contributed by atoms with Crippen molar-refractivity contribution >= 4 is 39.1 Å². The van der Waals surface area contributed by atoms with E-state index in [1.54, 1.807) is 22.8 Å². The van der Waals surface area contributed by atoms with E-state index in [1.807, 2.05) is 12.1 Å². The minimum atomic E-state index is -1.53. The third kappa shape index (κ3) is 2.68. The summed E-state index contributed by atoms with van der Waals surface area (Å²) in [6.45, 7) is -0.105. The molecule has 0 aliphatic heterocycles. The molecule has 0 fully saturated rings. The molecule has 5 rings (SSSR count). The molecule has 0 amide bonds. The van der Waals surface area contributed by atoms with Crippen LogP contribution in [0, 0.1) is 17.5 Å². The molecule has 0 bridgehead atoms. The van der Waals surface area contributed by atoms with Gasteiger partial charge in [0.15, 0.2) is 23.1 Å². The first kappa shape index (κ1) is 18.1. The Labute approximate surface area is 167 Å². The van der Waals surface area contributed by atoms with Crippen molar-refractivity contribution in [2.75, 3.05) is 0 Å². The summed E-state index contributed by atoms with van der Waals surface area (Å²) >= 11 is 0.